The number of pyridine rings is 1. The molecule has 0 bridgehead atoms. The zero-order chi connectivity index (χ0) is 24.0. The second-order valence-electron chi connectivity index (χ2n) is 8.21. The molecule has 1 aliphatic rings. The second-order valence-corrected chi connectivity index (χ2v) is 8.21. The van der Waals surface area contributed by atoms with E-state index in [1.807, 2.05) is 31.3 Å². The molecule has 2 amide bonds. The third-order valence-corrected chi connectivity index (χ3v) is 5.85. The summed E-state index contributed by atoms with van der Waals surface area (Å²) in [7, 11) is 1.94. The standard InChI is InChI=1S/C25H28N8O2/c1-26-11-13-32-12-8-21-23(32)30-22(31-24(21)33-14-16-35-17-15-33)18-2-4-19(5-3-18)28-25(34)29-20-6-9-27-10-7-20/h2-10,12,26H,11,13-17H2,1H3,(H2,27,28,29,34). The van der Waals surface area contributed by atoms with Crippen LogP contribution in [0.15, 0.2) is 61.1 Å². The van der Waals surface area contributed by atoms with Crippen LogP contribution in [0.3, 0.4) is 0 Å². The summed E-state index contributed by atoms with van der Waals surface area (Å²) < 4.78 is 7.70. The van der Waals surface area contributed by atoms with Crippen LogP contribution in [-0.2, 0) is 11.3 Å². The zero-order valence-electron chi connectivity index (χ0n) is 19.6. The van der Waals surface area contributed by atoms with Gasteiger partial charge in [0.25, 0.3) is 0 Å². The van der Waals surface area contributed by atoms with Crippen molar-refractivity contribution in [3.8, 4) is 11.4 Å². The van der Waals surface area contributed by atoms with Crippen LogP contribution in [0.2, 0.25) is 0 Å². The van der Waals surface area contributed by atoms with Gasteiger partial charge in [-0.1, -0.05) is 0 Å². The van der Waals surface area contributed by atoms with Crippen LogP contribution in [0.1, 0.15) is 0 Å². The van der Waals surface area contributed by atoms with Crippen LogP contribution >= 0.6 is 0 Å². The molecule has 3 aromatic heterocycles. The van der Waals surface area contributed by atoms with Crippen molar-refractivity contribution in [3.63, 3.8) is 0 Å². The fraction of sp³-hybridized carbons (Fsp3) is 0.280. The highest BCUT2D eigenvalue weighted by molar-refractivity contribution is 5.99. The molecule has 0 aliphatic carbocycles. The van der Waals surface area contributed by atoms with Crippen molar-refractivity contribution < 1.29 is 9.53 Å². The van der Waals surface area contributed by atoms with E-state index >= 15 is 0 Å². The molecule has 3 N–H and O–H groups in total. The first-order valence-corrected chi connectivity index (χ1v) is 11.6. The van der Waals surface area contributed by atoms with Crippen LogP contribution < -0.4 is 20.9 Å². The fourth-order valence-corrected chi connectivity index (χ4v) is 4.04. The molecule has 1 aromatic carbocycles. The third kappa shape index (κ3) is 5.23. The first-order valence-electron chi connectivity index (χ1n) is 11.6. The van der Waals surface area contributed by atoms with Gasteiger partial charge in [-0.05, 0) is 49.5 Å². The number of benzene rings is 1. The van der Waals surface area contributed by atoms with E-state index < -0.39 is 0 Å². The molecule has 0 unspecified atom stereocenters. The maximum Gasteiger partial charge on any atom is 0.323 e. The van der Waals surface area contributed by atoms with Crippen molar-refractivity contribution in [2.45, 2.75) is 6.54 Å². The Morgan fingerprint density at radius 2 is 1.69 bits per heavy atom. The summed E-state index contributed by atoms with van der Waals surface area (Å²) in [5.41, 5.74) is 3.13. The summed E-state index contributed by atoms with van der Waals surface area (Å²) in [6, 6.07) is 12.8. The van der Waals surface area contributed by atoms with Crippen molar-refractivity contribution >= 4 is 34.3 Å². The van der Waals surface area contributed by atoms with Crippen molar-refractivity contribution in [1.82, 2.24) is 24.8 Å². The number of likely N-dealkylation sites (N-methyl/N-ethyl adjacent to an activating group) is 1. The number of aromatic nitrogens is 4. The molecule has 5 rings (SSSR count). The summed E-state index contributed by atoms with van der Waals surface area (Å²) in [5, 5.41) is 9.87. The molecular formula is C25H28N8O2. The van der Waals surface area contributed by atoms with Crippen molar-refractivity contribution in [2.24, 2.45) is 0 Å². The highest BCUT2D eigenvalue weighted by Crippen LogP contribution is 2.29. The molecule has 180 valence electrons. The first-order chi connectivity index (χ1) is 17.2. The number of ether oxygens (including phenoxy) is 1. The minimum absolute atomic E-state index is 0.321. The lowest BCUT2D eigenvalue weighted by Gasteiger charge is -2.28. The predicted molar refractivity (Wildman–Crippen MR) is 137 cm³/mol. The Balaban J connectivity index is 1.41. The molecule has 0 saturated carbocycles. The smallest absolute Gasteiger partial charge is 0.323 e. The van der Waals surface area contributed by atoms with Gasteiger partial charge in [-0.2, -0.15) is 0 Å². The van der Waals surface area contributed by atoms with Crippen LogP contribution in [0, 0.1) is 0 Å². The Bertz CT molecular complexity index is 1280. The number of carbonyl (C=O) groups is 1. The average molecular weight is 473 g/mol. The number of fused-ring (bicyclic) bond motifs is 1. The number of carbonyl (C=O) groups excluding carboxylic acids is 1. The van der Waals surface area contributed by atoms with E-state index in [0.29, 0.717) is 30.4 Å². The molecule has 35 heavy (non-hydrogen) atoms. The molecular weight excluding hydrogens is 444 g/mol. The highest BCUT2D eigenvalue weighted by Gasteiger charge is 2.20. The van der Waals surface area contributed by atoms with E-state index in [1.54, 1.807) is 24.5 Å². The number of anilines is 3. The summed E-state index contributed by atoms with van der Waals surface area (Å²) in [6.45, 7) is 4.62. The van der Waals surface area contributed by atoms with Gasteiger partial charge in [0, 0.05) is 61.7 Å². The number of morpholine rings is 1. The Labute approximate surface area is 203 Å². The number of hydrogen-bond donors (Lipinski definition) is 3. The minimum Gasteiger partial charge on any atom is -0.378 e. The summed E-state index contributed by atoms with van der Waals surface area (Å²) >= 11 is 0. The number of amides is 2. The largest absolute Gasteiger partial charge is 0.378 e. The average Bonchev–Trinajstić information content (AvgIpc) is 3.31. The lowest BCUT2D eigenvalue weighted by Crippen LogP contribution is -2.37. The Kier molecular flexibility index (Phi) is 6.82. The van der Waals surface area contributed by atoms with Gasteiger partial charge in [-0.15, -0.1) is 0 Å². The van der Waals surface area contributed by atoms with E-state index in [2.05, 4.69) is 42.7 Å². The van der Waals surface area contributed by atoms with Gasteiger partial charge in [-0.25, -0.2) is 14.8 Å². The molecule has 0 spiro atoms. The number of nitrogens with zero attached hydrogens (tertiary/aromatic N) is 5. The molecule has 4 heterocycles. The number of nitrogens with one attached hydrogen (secondary N) is 3. The third-order valence-electron chi connectivity index (χ3n) is 5.85. The molecule has 1 fully saturated rings. The Morgan fingerprint density at radius 1 is 0.971 bits per heavy atom. The van der Waals surface area contributed by atoms with Gasteiger partial charge in [0.1, 0.15) is 11.5 Å². The monoisotopic (exact) mass is 472 g/mol. The summed E-state index contributed by atoms with van der Waals surface area (Å²) in [5.74, 6) is 1.58. The van der Waals surface area contributed by atoms with Gasteiger partial charge in [0.2, 0.25) is 0 Å². The highest BCUT2D eigenvalue weighted by atomic mass is 16.5. The lowest BCUT2D eigenvalue weighted by atomic mass is 10.2. The van der Waals surface area contributed by atoms with E-state index in [0.717, 1.165) is 48.6 Å². The van der Waals surface area contributed by atoms with E-state index in [9.17, 15) is 4.79 Å². The van der Waals surface area contributed by atoms with Crippen LogP contribution in [-0.4, -0.2) is 65.4 Å². The normalized spacial score (nSPS) is 13.7. The second kappa shape index (κ2) is 10.5. The molecule has 4 aromatic rings. The SMILES string of the molecule is CNCCn1ccc2c(N3CCOCC3)nc(-c3ccc(NC(=O)Nc4ccncc4)cc3)nc21. The number of hydrogen-bond acceptors (Lipinski definition) is 7. The van der Waals surface area contributed by atoms with E-state index in [-0.39, 0.29) is 6.03 Å². The molecule has 10 heteroatoms. The fourth-order valence-electron chi connectivity index (χ4n) is 4.04. The van der Waals surface area contributed by atoms with Crippen LogP contribution in [0.5, 0.6) is 0 Å². The quantitative estimate of drug-likeness (QED) is 0.379. The summed E-state index contributed by atoms with van der Waals surface area (Å²) in [4.78, 5) is 28.4. The summed E-state index contributed by atoms with van der Waals surface area (Å²) in [6.07, 6.45) is 5.32. The maximum atomic E-state index is 12.3. The van der Waals surface area contributed by atoms with Crippen molar-refractivity contribution in [1.29, 1.82) is 0 Å². The van der Waals surface area contributed by atoms with Gasteiger partial charge >= 0.3 is 6.03 Å². The lowest BCUT2D eigenvalue weighted by molar-refractivity contribution is 0.122. The Morgan fingerprint density at radius 3 is 2.40 bits per heavy atom. The molecule has 1 aliphatic heterocycles. The van der Waals surface area contributed by atoms with E-state index in [4.69, 9.17) is 14.7 Å². The zero-order valence-corrected chi connectivity index (χ0v) is 19.6. The van der Waals surface area contributed by atoms with Crippen molar-refractivity contribution in [2.75, 3.05) is 55.4 Å². The van der Waals surface area contributed by atoms with Gasteiger partial charge in [0.15, 0.2) is 5.82 Å². The molecule has 0 radical (unpaired) electrons. The molecule has 10 nitrogen and oxygen atoms in total. The van der Waals surface area contributed by atoms with Crippen LogP contribution in [0.25, 0.3) is 22.4 Å². The van der Waals surface area contributed by atoms with Gasteiger partial charge in [-0.3, -0.25) is 4.98 Å². The number of rotatable bonds is 7. The van der Waals surface area contributed by atoms with Gasteiger partial charge in [0.05, 0.1) is 18.6 Å². The molecule has 0 atom stereocenters. The maximum absolute atomic E-state index is 12.3. The molecule has 1 saturated heterocycles. The topological polar surface area (TPSA) is 109 Å². The number of urea groups is 1. The van der Waals surface area contributed by atoms with Crippen LogP contribution in [0.4, 0.5) is 22.0 Å². The first kappa shape index (κ1) is 22.8. The van der Waals surface area contributed by atoms with Crippen molar-refractivity contribution in [3.05, 3.63) is 61.1 Å². The van der Waals surface area contributed by atoms with Gasteiger partial charge < -0.3 is 30.2 Å². The predicted octanol–water partition coefficient (Wildman–Crippen LogP) is 3.19. The minimum atomic E-state index is -0.321. The van der Waals surface area contributed by atoms with E-state index in [1.165, 1.54) is 0 Å². The Hall–Kier alpha value is -4.02.